The van der Waals surface area contributed by atoms with E-state index in [1.807, 2.05) is 19.1 Å². The van der Waals surface area contributed by atoms with Gasteiger partial charge >= 0.3 is 5.69 Å². The van der Waals surface area contributed by atoms with Gasteiger partial charge in [-0.15, -0.1) is 0 Å². The number of carbonyl (C=O) groups is 1. The number of amides is 1. The first-order valence-corrected chi connectivity index (χ1v) is 24.1. The van der Waals surface area contributed by atoms with Gasteiger partial charge in [-0.25, -0.2) is 13.4 Å². The number of hydrogen-bond donors (Lipinski definition) is 3. The van der Waals surface area contributed by atoms with Crippen molar-refractivity contribution < 1.29 is 28.0 Å². The first kappa shape index (κ1) is 45.4. The lowest BCUT2D eigenvalue weighted by Crippen LogP contribution is -2.60. The number of carbonyl (C=O) groups excluding carboxylic acids is 1. The summed E-state index contributed by atoms with van der Waals surface area (Å²) in [5.41, 5.74) is 8.99. The predicted molar refractivity (Wildman–Crippen MR) is 245 cm³/mol. The molecule has 2 aromatic heterocycles. The summed E-state index contributed by atoms with van der Waals surface area (Å²) < 4.78 is 33.9. The van der Waals surface area contributed by atoms with Gasteiger partial charge in [0.15, 0.2) is 0 Å². The third-order valence-corrected chi connectivity index (χ3v) is 16.3. The Morgan fingerprint density at radius 1 is 1.00 bits per heavy atom. The molecule has 342 valence electrons. The zero-order chi connectivity index (χ0) is 45.4. The van der Waals surface area contributed by atoms with Gasteiger partial charge in [0.05, 0.1) is 44.9 Å². The topological polar surface area (TPSA) is 197 Å². The van der Waals surface area contributed by atoms with Gasteiger partial charge in [0, 0.05) is 75.8 Å². The molecule has 2 aliphatic carbocycles. The number of piperidine rings is 1. The van der Waals surface area contributed by atoms with E-state index in [-0.39, 0.29) is 33.7 Å². The molecular formula is C48H62N8O7S. The molecule has 2 aliphatic heterocycles. The fourth-order valence-corrected chi connectivity index (χ4v) is 12.0. The van der Waals surface area contributed by atoms with Crippen molar-refractivity contribution in [3.8, 4) is 5.75 Å². The first-order valence-electron chi connectivity index (χ1n) is 22.7. The lowest BCUT2D eigenvalue weighted by atomic mass is 9.59. The van der Waals surface area contributed by atoms with Crippen molar-refractivity contribution in [3.63, 3.8) is 0 Å². The number of hydrogen-bond acceptors (Lipinski definition) is 13. The maximum Gasteiger partial charge on any atom is 0.312 e. The largest absolute Gasteiger partial charge is 0.495 e. The van der Waals surface area contributed by atoms with Crippen LogP contribution in [-0.4, -0.2) is 102 Å². The lowest BCUT2D eigenvalue weighted by molar-refractivity contribution is -0.384. The Hall–Kier alpha value is -5.16. The van der Waals surface area contributed by atoms with E-state index in [9.17, 15) is 28.4 Å². The molecule has 4 heterocycles. The van der Waals surface area contributed by atoms with Crippen LogP contribution in [0, 0.1) is 21.4 Å². The Bertz CT molecular complexity index is 2440. The lowest BCUT2D eigenvalue weighted by Gasteiger charge is -2.58. The van der Waals surface area contributed by atoms with Crippen LogP contribution in [0.25, 0.3) is 0 Å². The minimum Gasteiger partial charge on any atom is -0.495 e. The van der Waals surface area contributed by atoms with E-state index in [0.29, 0.717) is 37.0 Å². The van der Waals surface area contributed by atoms with Gasteiger partial charge in [-0.3, -0.25) is 29.7 Å². The molecule has 1 atom stereocenters. The molecule has 15 nitrogen and oxygen atoms in total. The second-order valence-corrected chi connectivity index (χ2v) is 21.1. The van der Waals surface area contributed by atoms with Crippen molar-refractivity contribution in [2.24, 2.45) is 17.1 Å². The normalized spacial score (nSPS) is 23.2. The van der Waals surface area contributed by atoms with Crippen molar-refractivity contribution in [3.05, 3.63) is 106 Å². The van der Waals surface area contributed by atoms with Crippen LogP contribution in [0.1, 0.15) is 111 Å². The molecule has 8 rings (SSSR count). The average molecular weight is 895 g/mol. The maximum atomic E-state index is 14.3. The second-order valence-electron chi connectivity index (χ2n) is 19.2. The highest BCUT2D eigenvalue weighted by Crippen LogP contribution is 2.53. The number of primary amides is 1. The summed E-state index contributed by atoms with van der Waals surface area (Å²) in [5.74, 6) is 0.385. The minimum atomic E-state index is -4.46. The van der Waals surface area contributed by atoms with Crippen molar-refractivity contribution in [1.82, 2.24) is 19.8 Å². The number of anilines is 2. The van der Waals surface area contributed by atoms with Crippen molar-refractivity contribution >= 4 is 32.9 Å². The van der Waals surface area contributed by atoms with Gasteiger partial charge in [-0.05, 0) is 117 Å². The SMILES string of the molecule is COc1ccc(CN2CCN(C3CC4(CCN(c5ccc(C(N)=O)c(S(=O)(=O)c6cnc(NCC7CCC(C)(O)CC7)c([N+](=O)[O-])c6)c5)CC4)C3)[C@H](c3ccccc3C(C)C)C2)nc1. The van der Waals surface area contributed by atoms with Gasteiger partial charge in [0.1, 0.15) is 5.75 Å². The number of sulfone groups is 1. The summed E-state index contributed by atoms with van der Waals surface area (Å²) in [6.45, 7) is 11.8. The summed E-state index contributed by atoms with van der Waals surface area (Å²) in [6.07, 6.45) is 9.73. The van der Waals surface area contributed by atoms with E-state index in [4.69, 9.17) is 10.5 Å². The van der Waals surface area contributed by atoms with Gasteiger partial charge < -0.3 is 25.8 Å². The zero-order valence-electron chi connectivity index (χ0n) is 37.4. The molecule has 4 N–H and O–H groups in total. The average Bonchev–Trinajstić information content (AvgIpc) is 3.28. The van der Waals surface area contributed by atoms with E-state index in [1.54, 1.807) is 19.4 Å². The summed E-state index contributed by atoms with van der Waals surface area (Å²) in [4.78, 5) is 39.8. The second kappa shape index (κ2) is 18.4. The number of benzene rings is 2. The summed E-state index contributed by atoms with van der Waals surface area (Å²) >= 11 is 0. The number of methoxy groups -OCH3 is 1. The molecule has 4 aliphatic rings. The zero-order valence-corrected chi connectivity index (χ0v) is 38.2. The van der Waals surface area contributed by atoms with Gasteiger partial charge in [-0.2, -0.15) is 0 Å². The highest BCUT2D eigenvalue weighted by Gasteiger charge is 2.50. The van der Waals surface area contributed by atoms with Gasteiger partial charge in [0.2, 0.25) is 21.6 Å². The number of aromatic nitrogens is 2. The molecule has 0 radical (unpaired) electrons. The molecule has 2 aromatic carbocycles. The maximum absolute atomic E-state index is 14.3. The smallest absolute Gasteiger partial charge is 0.312 e. The van der Waals surface area contributed by atoms with Crippen LogP contribution in [0.3, 0.4) is 0 Å². The Kier molecular flexibility index (Phi) is 13.0. The minimum absolute atomic E-state index is 0.0360. The number of nitrogens with zero attached hydrogens (tertiary/aromatic N) is 6. The van der Waals surface area contributed by atoms with E-state index < -0.39 is 36.9 Å². The fraction of sp³-hybridized carbons (Fsp3) is 0.521. The highest BCUT2D eigenvalue weighted by atomic mass is 32.2. The van der Waals surface area contributed by atoms with Crippen LogP contribution in [0.4, 0.5) is 17.2 Å². The van der Waals surface area contributed by atoms with E-state index in [2.05, 4.69) is 68.1 Å². The molecule has 1 spiro atoms. The van der Waals surface area contributed by atoms with Crippen molar-refractivity contribution in [2.45, 2.75) is 112 Å². The molecule has 0 unspecified atom stereocenters. The van der Waals surface area contributed by atoms with Crippen LogP contribution < -0.4 is 20.7 Å². The number of ether oxygens (including phenoxy) is 1. The van der Waals surface area contributed by atoms with Crippen LogP contribution >= 0.6 is 0 Å². The quantitative estimate of drug-likeness (QED) is 0.0856. The Morgan fingerprint density at radius 3 is 2.39 bits per heavy atom. The Morgan fingerprint density at radius 2 is 1.73 bits per heavy atom. The highest BCUT2D eigenvalue weighted by molar-refractivity contribution is 7.91. The van der Waals surface area contributed by atoms with Gasteiger partial charge in [-0.1, -0.05) is 38.1 Å². The van der Waals surface area contributed by atoms with Crippen LogP contribution in [-0.2, 0) is 16.4 Å². The molecule has 0 bridgehead atoms. The Labute approximate surface area is 376 Å². The van der Waals surface area contributed by atoms with Crippen LogP contribution in [0.5, 0.6) is 5.75 Å². The predicted octanol–water partition coefficient (Wildman–Crippen LogP) is 7.11. The summed E-state index contributed by atoms with van der Waals surface area (Å²) in [6, 6.07) is 19.3. The van der Waals surface area contributed by atoms with Crippen molar-refractivity contribution in [1.29, 1.82) is 0 Å². The molecule has 2 saturated carbocycles. The fourth-order valence-electron chi connectivity index (χ4n) is 10.6. The number of rotatable bonds is 14. The molecular weight excluding hydrogens is 833 g/mol. The number of piperazine rings is 1. The number of pyridine rings is 2. The molecule has 16 heteroatoms. The number of nitrogens with one attached hydrogen (secondary N) is 1. The Balaban J connectivity index is 0.950. The standard InChI is InChI=1S/C48H62N8O7S/c1-32(2)39-7-5-6-8-40(39)43-31-53(30-34-9-11-37(63-4)28-50-34)21-22-55(43)36-25-48(26-36)17-19-54(20-18-48)35-10-12-41(45(49)57)44(23-35)64(61,62)38-24-42(56(59)60)46(52-29-38)51-27-33-13-15-47(3,58)16-14-33/h5-12,23-24,28-29,32-33,36,43,58H,13-22,25-27,30-31H2,1-4H3,(H2,49,57)(H,51,52)/t33?,43-,47?/m0/s1. The summed E-state index contributed by atoms with van der Waals surface area (Å²) in [5, 5.41) is 25.6. The first-order chi connectivity index (χ1) is 30.5. The van der Waals surface area contributed by atoms with E-state index in [0.717, 1.165) is 102 Å². The third kappa shape index (κ3) is 9.60. The third-order valence-electron chi connectivity index (χ3n) is 14.5. The van der Waals surface area contributed by atoms with Crippen LogP contribution in [0.15, 0.2) is 82.8 Å². The monoisotopic (exact) mass is 894 g/mol. The molecule has 4 aromatic rings. The van der Waals surface area contributed by atoms with E-state index >= 15 is 0 Å². The number of nitrogens with two attached hydrogens (primary N) is 1. The molecule has 64 heavy (non-hydrogen) atoms. The van der Waals surface area contributed by atoms with E-state index in [1.165, 1.54) is 23.3 Å². The number of aliphatic hydroxyl groups is 1. The molecule has 2 saturated heterocycles. The van der Waals surface area contributed by atoms with Gasteiger partial charge in [0.25, 0.3) is 0 Å². The van der Waals surface area contributed by atoms with Crippen molar-refractivity contribution in [2.75, 3.05) is 56.6 Å². The van der Waals surface area contributed by atoms with Crippen LogP contribution in [0.2, 0.25) is 0 Å². The molecule has 4 fully saturated rings. The molecule has 1 amide bonds. The number of nitro groups is 1. The summed E-state index contributed by atoms with van der Waals surface area (Å²) in [7, 11) is -2.81.